The summed E-state index contributed by atoms with van der Waals surface area (Å²) in [6, 6.07) is 20.5. The van der Waals surface area contributed by atoms with Crippen molar-refractivity contribution in [3.05, 3.63) is 100 Å². The number of anilines is 1. The predicted octanol–water partition coefficient (Wildman–Crippen LogP) is 4.70. The summed E-state index contributed by atoms with van der Waals surface area (Å²) in [6.07, 6.45) is 0. The number of likely N-dealkylation sites (tertiary alicyclic amines) is 1. The molecule has 0 aromatic heterocycles. The molecule has 1 fully saturated rings. The molecule has 7 heteroatoms. The van der Waals surface area contributed by atoms with Crippen LogP contribution in [0.15, 0.2) is 66.7 Å². The number of rotatable bonds is 6. The van der Waals surface area contributed by atoms with Gasteiger partial charge < -0.3 is 10.1 Å². The lowest BCUT2D eigenvalue weighted by Crippen LogP contribution is -2.49. The lowest BCUT2D eigenvalue weighted by Gasteiger charge is -2.45. The Labute approximate surface area is 233 Å². The molecule has 0 unspecified atom stereocenters. The summed E-state index contributed by atoms with van der Waals surface area (Å²) in [5.41, 5.74) is 6.88. The topological polar surface area (TPSA) is 92.8 Å². The highest BCUT2D eigenvalue weighted by Gasteiger charge is 2.63. The first-order valence-electron chi connectivity index (χ1n) is 13.8. The highest BCUT2D eigenvalue weighted by Crippen LogP contribution is 2.61. The summed E-state index contributed by atoms with van der Waals surface area (Å²) in [7, 11) is 0. The van der Waals surface area contributed by atoms with E-state index < -0.39 is 42.3 Å². The molecule has 4 aliphatic rings. The number of ether oxygens (including phenoxy) is 1. The summed E-state index contributed by atoms with van der Waals surface area (Å²) in [5.74, 6) is -3.99. The van der Waals surface area contributed by atoms with Gasteiger partial charge in [0.05, 0.1) is 11.8 Å². The number of hydrogen-bond donors (Lipinski definition) is 1. The van der Waals surface area contributed by atoms with Gasteiger partial charge in [0.15, 0.2) is 6.61 Å². The number of nitrogens with one attached hydrogen (secondary N) is 1. The van der Waals surface area contributed by atoms with Crippen LogP contribution in [0.4, 0.5) is 5.69 Å². The van der Waals surface area contributed by atoms with E-state index in [4.69, 9.17) is 4.74 Å². The lowest BCUT2D eigenvalue weighted by molar-refractivity contribution is -0.162. The van der Waals surface area contributed by atoms with E-state index in [2.05, 4.69) is 5.32 Å². The van der Waals surface area contributed by atoms with Crippen LogP contribution in [0, 0.1) is 31.6 Å². The number of amides is 3. The molecule has 0 saturated carbocycles. The van der Waals surface area contributed by atoms with Crippen molar-refractivity contribution in [3.63, 3.8) is 0 Å². The third kappa shape index (κ3) is 3.86. The van der Waals surface area contributed by atoms with Gasteiger partial charge in [0.1, 0.15) is 6.04 Å². The van der Waals surface area contributed by atoms with E-state index in [9.17, 15) is 19.2 Å². The zero-order valence-electron chi connectivity index (χ0n) is 23.0. The van der Waals surface area contributed by atoms with Crippen LogP contribution in [-0.4, -0.2) is 41.2 Å². The average Bonchev–Trinajstić information content (AvgIpc) is 3.20. The number of imide groups is 1. The zero-order chi connectivity index (χ0) is 28.3. The van der Waals surface area contributed by atoms with Gasteiger partial charge in [-0.1, -0.05) is 74.5 Å². The van der Waals surface area contributed by atoms with E-state index in [0.717, 1.165) is 38.3 Å². The molecular formula is C33H32N2O5. The molecule has 1 saturated heterocycles. The standard InChI is InChI=1S/C33H32N2O5/c1-17(2)30(33(39)40-16-25(36)34-24-15-9-10-18(3)19(24)4)35-31(37)28-26-20-11-5-6-12-21(20)27(29(28)32(35)38)23-14-8-7-13-22(23)26/h5-15,17,26-30H,16H2,1-4H3,(H,34,36)/t26?,27?,28-,29+,30-/m0/s1. The summed E-state index contributed by atoms with van der Waals surface area (Å²) in [4.78, 5) is 55.3. The van der Waals surface area contributed by atoms with Crippen LogP contribution < -0.4 is 5.32 Å². The number of carbonyl (C=O) groups excluding carboxylic acids is 4. The van der Waals surface area contributed by atoms with Gasteiger partial charge in [0, 0.05) is 17.5 Å². The van der Waals surface area contributed by atoms with Crippen molar-refractivity contribution in [2.45, 2.75) is 45.6 Å². The van der Waals surface area contributed by atoms with Gasteiger partial charge in [-0.05, 0) is 59.2 Å². The van der Waals surface area contributed by atoms with Gasteiger partial charge in [-0.15, -0.1) is 0 Å². The minimum atomic E-state index is -1.12. The van der Waals surface area contributed by atoms with Crippen molar-refractivity contribution in [2.24, 2.45) is 17.8 Å². The fourth-order valence-corrected chi connectivity index (χ4v) is 6.95. The van der Waals surface area contributed by atoms with Crippen LogP contribution in [0.1, 0.15) is 59.1 Å². The Hall–Kier alpha value is -4.26. The van der Waals surface area contributed by atoms with Crippen LogP contribution in [0.25, 0.3) is 0 Å². The number of carbonyl (C=O) groups is 4. The summed E-state index contributed by atoms with van der Waals surface area (Å²) >= 11 is 0. The molecule has 7 rings (SSSR count). The third-order valence-corrected chi connectivity index (χ3v) is 8.86. The largest absolute Gasteiger partial charge is 0.454 e. The summed E-state index contributed by atoms with van der Waals surface area (Å²) in [5, 5.41) is 2.78. The van der Waals surface area contributed by atoms with E-state index in [1.54, 1.807) is 19.9 Å². The maximum atomic E-state index is 14.1. The average molecular weight is 537 g/mol. The first-order chi connectivity index (χ1) is 19.2. The molecule has 3 amide bonds. The van der Waals surface area contributed by atoms with E-state index in [1.165, 1.54) is 0 Å². The maximum Gasteiger partial charge on any atom is 0.330 e. The van der Waals surface area contributed by atoms with E-state index in [-0.39, 0.29) is 23.7 Å². The van der Waals surface area contributed by atoms with Gasteiger partial charge in [-0.25, -0.2) is 4.79 Å². The fourth-order valence-electron chi connectivity index (χ4n) is 6.95. The quantitative estimate of drug-likeness (QED) is 0.364. The van der Waals surface area contributed by atoms with Gasteiger partial charge in [-0.3, -0.25) is 19.3 Å². The Bertz CT molecular complexity index is 1440. The highest BCUT2D eigenvalue weighted by atomic mass is 16.5. The molecule has 3 aromatic carbocycles. The number of esters is 1. The van der Waals surface area contributed by atoms with Crippen molar-refractivity contribution in [1.82, 2.24) is 4.90 Å². The highest BCUT2D eigenvalue weighted by molar-refractivity contribution is 6.10. The molecule has 1 aliphatic heterocycles. The normalized spacial score (nSPS) is 23.0. The lowest BCUT2D eigenvalue weighted by atomic mass is 9.55. The minimum Gasteiger partial charge on any atom is -0.454 e. The summed E-state index contributed by atoms with van der Waals surface area (Å²) < 4.78 is 5.43. The van der Waals surface area contributed by atoms with Crippen LogP contribution in [-0.2, 0) is 23.9 Å². The van der Waals surface area contributed by atoms with Gasteiger partial charge in [0.2, 0.25) is 11.8 Å². The molecule has 1 N–H and O–H groups in total. The van der Waals surface area contributed by atoms with Crippen molar-refractivity contribution in [2.75, 3.05) is 11.9 Å². The molecule has 0 radical (unpaired) electrons. The number of hydrogen-bond acceptors (Lipinski definition) is 5. The zero-order valence-corrected chi connectivity index (χ0v) is 23.0. The Morgan fingerprint density at radius 2 is 1.30 bits per heavy atom. The molecule has 3 atom stereocenters. The summed E-state index contributed by atoms with van der Waals surface area (Å²) in [6.45, 7) is 6.90. The molecule has 204 valence electrons. The van der Waals surface area contributed by atoms with Crippen LogP contribution in [0.5, 0.6) is 0 Å². The first kappa shape index (κ1) is 26.0. The Kier molecular flexibility index (Phi) is 6.32. The Morgan fingerprint density at radius 1 is 0.800 bits per heavy atom. The first-order valence-corrected chi connectivity index (χ1v) is 13.8. The van der Waals surface area contributed by atoms with E-state index >= 15 is 0 Å². The molecule has 40 heavy (non-hydrogen) atoms. The Morgan fingerprint density at radius 3 is 1.77 bits per heavy atom. The second-order valence-electron chi connectivity index (χ2n) is 11.4. The minimum absolute atomic E-state index is 0.254. The molecular weight excluding hydrogens is 504 g/mol. The monoisotopic (exact) mass is 536 g/mol. The molecule has 3 aromatic rings. The van der Waals surface area contributed by atoms with Gasteiger partial charge >= 0.3 is 5.97 Å². The van der Waals surface area contributed by atoms with Crippen molar-refractivity contribution >= 4 is 29.4 Å². The second kappa shape index (κ2) is 9.73. The van der Waals surface area contributed by atoms with Crippen molar-refractivity contribution in [1.29, 1.82) is 0 Å². The number of aryl methyl sites for hydroxylation is 1. The van der Waals surface area contributed by atoms with Crippen molar-refractivity contribution in [3.8, 4) is 0 Å². The SMILES string of the molecule is Cc1cccc(NC(=O)COC(=O)[C@H](C(C)C)N2C(=O)[C@@H]3C4c5ccccc5C(c5ccccc54)[C@@H]3C2=O)c1C. The maximum absolute atomic E-state index is 14.1. The molecule has 1 heterocycles. The predicted molar refractivity (Wildman–Crippen MR) is 150 cm³/mol. The van der Waals surface area contributed by atoms with Crippen LogP contribution in [0.3, 0.4) is 0 Å². The molecule has 3 aliphatic carbocycles. The van der Waals surface area contributed by atoms with Crippen LogP contribution >= 0.6 is 0 Å². The second-order valence-corrected chi connectivity index (χ2v) is 11.4. The van der Waals surface area contributed by atoms with Crippen molar-refractivity contribution < 1.29 is 23.9 Å². The number of nitrogens with zero attached hydrogens (tertiary/aromatic N) is 1. The van der Waals surface area contributed by atoms with E-state index in [0.29, 0.717) is 5.69 Å². The smallest absolute Gasteiger partial charge is 0.330 e. The van der Waals surface area contributed by atoms with Gasteiger partial charge in [-0.2, -0.15) is 0 Å². The molecule has 0 spiro atoms. The Balaban J connectivity index is 1.26. The molecule has 7 nitrogen and oxygen atoms in total. The fraction of sp³-hybridized carbons (Fsp3) is 0.333. The number of benzene rings is 3. The van der Waals surface area contributed by atoms with E-state index in [1.807, 2.05) is 74.5 Å². The van der Waals surface area contributed by atoms with Crippen LogP contribution in [0.2, 0.25) is 0 Å². The van der Waals surface area contributed by atoms with Gasteiger partial charge in [0.25, 0.3) is 5.91 Å². The third-order valence-electron chi connectivity index (χ3n) is 8.86. The molecule has 2 bridgehead atoms.